The molecule has 1 N–H and O–H groups in total. The van der Waals surface area contributed by atoms with Gasteiger partial charge in [0, 0.05) is 16.3 Å². The number of fused-ring (bicyclic) bond motifs is 5. The third-order valence-corrected chi connectivity index (χ3v) is 7.68. The van der Waals surface area contributed by atoms with Gasteiger partial charge in [0.1, 0.15) is 17.3 Å². The van der Waals surface area contributed by atoms with E-state index in [-0.39, 0.29) is 17.6 Å². The topological polar surface area (TPSA) is 46.5 Å². The molecule has 3 nitrogen and oxygen atoms in total. The molecule has 150 valence electrons. The highest BCUT2D eigenvalue weighted by Crippen LogP contribution is 2.60. The van der Waals surface area contributed by atoms with Gasteiger partial charge in [-0.1, -0.05) is 40.5 Å². The predicted octanol–water partition coefficient (Wildman–Crippen LogP) is 6.97. The smallest absolute Gasteiger partial charge is 0.170 e. The highest BCUT2D eigenvalue weighted by molar-refractivity contribution is 9.10. The average molecular weight is 474 g/mol. The van der Waals surface area contributed by atoms with E-state index in [0.29, 0.717) is 39.7 Å². The minimum absolute atomic E-state index is 0.0199. The Bertz CT molecular complexity index is 1040. The Morgan fingerprint density at radius 3 is 2.59 bits per heavy atom. The van der Waals surface area contributed by atoms with Crippen LogP contribution in [0, 0.1) is 23.7 Å². The van der Waals surface area contributed by atoms with E-state index < -0.39 is 0 Å². The highest BCUT2D eigenvalue weighted by atomic mass is 79.9. The largest absolute Gasteiger partial charge is 0.511 e. The van der Waals surface area contributed by atoms with Crippen molar-refractivity contribution in [1.82, 2.24) is 0 Å². The van der Waals surface area contributed by atoms with Crippen LogP contribution in [-0.4, -0.2) is 10.9 Å². The van der Waals surface area contributed by atoms with Crippen molar-refractivity contribution in [3.8, 4) is 11.5 Å². The normalized spacial score (nSPS) is 27.6. The minimum atomic E-state index is -0.0288. The minimum Gasteiger partial charge on any atom is -0.511 e. The lowest BCUT2D eigenvalue weighted by molar-refractivity contribution is -0.118. The number of ether oxygens (including phenoxy) is 1. The maximum atomic E-state index is 13.3. The zero-order valence-electron chi connectivity index (χ0n) is 16.1. The Morgan fingerprint density at radius 1 is 1.14 bits per heavy atom. The molecular formula is C24H22BrClO3. The van der Waals surface area contributed by atoms with Crippen LogP contribution in [0.25, 0.3) is 5.57 Å². The summed E-state index contributed by atoms with van der Waals surface area (Å²) in [6.07, 6.45) is 4.11. The van der Waals surface area contributed by atoms with Gasteiger partial charge >= 0.3 is 0 Å². The summed E-state index contributed by atoms with van der Waals surface area (Å²) in [6.45, 7) is 2.06. The number of rotatable bonds is 4. The zero-order valence-corrected chi connectivity index (χ0v) is 18.5. The lowest BCUT2D eigenvalue weighted by Gasteiger charge is -2.23. The first kappa shape index (κ1) is 19.2. The van der Waals surface area contributed by atoms with Crippen LogP contribution in [0.15, 0.2) is 46.6 Å². The van der Waals surface area contributed by atoms with Crippen molar-refractivity contribution in [3.63, 3.8) is 0 Å². The maximum Gasteiger partial charge on any atom is 0.170 e. The van der Waals surface area contributed by atoms with Crippen molar-refractivity contribution in [3.05, 3.63) is 62.8 Å². The molecule has 2 aromatic rings. The number of hydrogen-bond acceptors (Lipinski definition) is 3. The van der Waals surface area contributed by atoms with E-state index >= 15 is 0 Å². The number of Topliss-reactive ketones (excluding diaryl/α,β-unsaturated/α-hetero) is 1. The molecule has 0 unspecified atom stereocenters. The van der Waals surface area contributed by atoms with Crippen molar-refractivity contribution in [2.75, 3.05) is 0 Å². The first-order valence-electron chi connectivity index (χ1n) is 10.2. The number of allylic oxidation sites excluding steroid dienone is 2. The molecule has 4 atom stereocenters. The van der Waals surface area contributed by atoms with E-state index in [1.165, 1.54) is 0 Å². The Morgan fingerprint density at radius 2 is 1.90 bits per heavy atom. The summed E-state index contributed by atoms with van der Waals surface area (Å²) in [5, 5.41) is 11.6. The molecule has 2 bridgehead atoms. The van der Waals surface area contributed by atoms with Crippen LogP contribution in [-0.2, 0) is 11.2 Å². The van der Waals surface area contributed by atoms with Gasteiger partial charge in [-0.15, -0.1) is 0 Å². The Labute approximate surface area is 183 Å². The number of aryl methyl sites for hydroxylation is 1. The molecule has 2 fully saturated rings. The summed E-state index contributed by atoms with van der Waals surface area (Å²) in [4.78, 5) is 13.3. The molecule has 0 saturated heterocycles. The number of carbonyl (C=O) groups is 1. The fraction of sp³-hybridized carbons (Fsp3) is 0.375. The van der Waals surface area contributed by atoms with Crippen molar-refractivity contribution < 1.29 is 14.6 Å². The SMILES string of the molecule is CCc1ccc(Oc2ccc(Br)cc2Cl)cc1C1=C(O)[C@H]2[C@H]3CC[C@H](C3)[C@H]2C1=O. The number of benzene rings is 2. The maximum absolute atomic E-state index is 13.3. The van der Waals surface area contributed by atoms with E-state index in [0.717, 1.165) is 41.3 Å². The summed E-state index contributed by atoms with van der Waals surface area (Å²) in [6, 6.07) is 11.2. The van der Waals surface area contributed by atoms with Gasteiger partial charge in [0.05, 0.1) is 10.6 Å². The summed E-state index contributed by atoms with van der Waals surface area (Å²) >= 11 is 9.69. The highest BCUT2D eigenvalue weighted by Gasteiger charge is 2.57. The van der Waals surface area contributed by atoms with Gasteiger partial charge < -0.3 is 9.84 Å². The number of aliphatic hydroxyl groups excluding tert-OH is 1. The molecule has 0 heterocycles. The summed E-state index contributed by atoms with van der Waals surface area (Å²) in [5.41, 5.74) is 2.36. The molecule has 2 aromatic carbocycles. The van der Waals surface area contributed by atoms with Crippen LogP contribution in [0.2, 0.25) is 5.02 Å². The second kappa shape index (κ2) is 7.17. The molecule has 5 rings (SSSR count). The predicted molar refractivity (Wildman–Crippen MR) is 117 cm³/mol. The van der Waals surface area contributed by atoms with Crippen LogP contribution in [0.5, 0.6) is 11.5 Å². The standard InChI is InChI=1S/C24H22BrClO3/c1-2-12-5-7-16(29-19-8-6-15(25)10-18(19)26)11-17(12)22-23(27)20-13-3-4-14(9-13)21(20)24(22)28/h5-8,10-11,13-14,20-21,27H,2-4,9H2,1H3/t13-,14+,20-,21+/m0/s1. The first-order chi connectivity index (χ1) is 14.0. The summed E-state index contributed by atoms with van der Waals surface area (Å²) in [7, 11) is 0. The van der Waals surface area contributed by atoms with E-state index in [4.69, 9.17) is 16.3 Å². The zero-order chi connectivity index (χ0) is 20.3. The van der Waals surface area contributed by atoms with Gasteiger partial charge in [0.15, 0.2) is 5.78 Å². The number of aliphatic hydroxyl groups is 1. The van der Waals surface area contributed by atoms with Crippen LogP contribution in [0.3, 0.4) is 0 Å². The Balaban J connectivity index is 1.54. The van der Waals surface area contributed by atoms with E-state index in [9.17, 15) is 9.90 Å². The van der Waals surface area contributed by atoms with Crippen molar-refractivity contribution in [2.45, 2.75) is 32.6 Å². The molecule has 0 spiro atoms. The van der Waals surface area contributed by atoms with Crippen LogP contribution >= 0.6 is 27.5 Å². The third kappa shape index (κ3) is 3.03. The molecule has 0 radical (unpaired) electrons. The second-order valence-corrected chi connectivity index (χ2v) is 9.68. The van der Waals surface area contributed by atoms with Crippen LogP contribution < -0.4 is 4.74 Å². The fourth-order valence-corrected chi connectivity index (χ4v) is 6.35. The van der Waals surface area contributed by atoms with Gasteiger partial charge in [0.25, 0.3) is 0 Å². The molecule has 0 aromatic heterocycles. The molecule has 0 amide bonds. The molecule has 2 saturated carbocycles. The molecule has 3 aliphatic rings. The second-order valence-electron chi connectivity index (χ2n) is 8.36. The lowest BCUT2D eigenvalue weighted by Crippen LogP contribution is -2.24. The van der Waals surface area contributed by atoms with Gasteiger partial charge in [-0.2, -0.15) is 0 Å². The van der Waals surface area contributed by atoms with Gasteiger partial charge in [-0.25, -0.2) is 0 Å². The monoisotopic (exact) mass is 472 g/mol. The van der Waals surface area contributed by atoms with E-state index in [2.05, 4.69) is 22.9 Å². The van der Waals surface area contributed by atoms with Crippen molar-refractivity contribution >= 4 is 38.9 Å². The van der Waals surface area contributed by atoms with Crippen molar-refractivity contribution in [2.24, 2.45) is 23.7 Å². The Hall–Kier alpha value is -1.78. The van der Waals surface area contributed by atoms with Crippen molar-refractivity contribution in [1.29, 1.82) is 0 Å². The van der Waals surface area contributed by atoms with Gasteiger partial charge in [-0.05, 0) is 79.0 Å². The van der Waals surface area contributed by atoms with Crippen LogP contribution in [0.4, 0.5) is 0 Å². The molecule has 5 heteroatoms. The quantitative estimate of drug-likeness (QED) is 0.521. The Kier molecular flexibility index (Phi) is 4.75. The average Bonchev–Trinajstić information content (AvgIpc) is 3.38. The third-order valence-electron chi connectivity index (χ3n) is 6.89. The van der Waals surface area contributed by atoms with Gasteiger partial charge in [0.2, 0.25) is 0 Å². The van der Waals surface area contributed by atoms with Gasteiger partial charge in [-0.3, -0.25) is 4.79 Å². The summed E-state index contributed by atoms with van der Waals surface area (Å²) in [5.74, 6) is 2.46. The lowest BCUT2D eigenvalue weighted by atomic mass is 9.80. The molecular weight excluding hydrogens is 452 g/mol. The number of carbonyl (C=O) groups excluding carboxylic acids is 1. The van der Waals surface area contributed by atoms with E-state index in [1.54, 1.807) is 12.1 Å². The molecule has 29 heavy (non-hydrogen) atoms. The molecule has 3 aliphatic carbocycles. The van der Waals surface area contributed by atoms with E-state index in [1.807, 2.05) is 24.3 Å². The number of ketones is 1. The molecule has 0 aliphatic heterocycles. The number of halogens is 2. The first-order valence-corrected chi connectivity index (χ1v) is 11.4. The number of hydrogen-bond donors (Lipinski definition) is 1. The fourth-order valence-electron chi connectivity index (χ4n) is 5.64. The van der Waals surface area contributed by atoms with Crippen LogP contribution in [0.1, 0.15) is 37.3 Å². The summed E-state index contributed by atoms with van der Waals surface area (Å²) < 4.78 is 6.89.